The van der Waals surface area contributed by atoms with Crippen LogP contribution < -0.4 is 14.4 Å². The summed E-state index contributed by atoms with van der Waals surface area (Å²) >= 11 is 0. The normalized spacial score (nSPS) is 16.8. The second-order valence-electron chi connectivity index (χ2n) is 9.36. The van der Waals surface area contributed by atoms with Crippen molar-refractivity contribution >= 4 is 33.9 Å². The van der Waals surface area contributed by atoms with E-state index in [0.29, 0.717) is 34.9 Å². The van der Waals surface area contributed by atoms with E-state index in [-0.39, 0.29) is 17.4 Å². The number of aliphatic hydroxyl groups excluding tert-OH is 1. The minimum Gasteiger partial charge on any atom is -0.507 e. The molecule has 0 aromatic heterocycles. The number of amides is 1. The smallest absolute Gasteiger partial charge is 0.300 e. The molecule has 1 atom stereocenters. The van der Waals surface area contributed by atoms with Gasteiger partial charge >= 0.3 is 0 Å². The van der Waals surface area contributed by atoms with E-state index in [0.717, 1.165) is 10.8 Å². The maximum absolute atomic E-state index is 13.5. The van der Waals surface area contributed by atoms with E-state index in [1.165, 1.54) is 4.90 Å². The summed E-state index contributed by atoms with van der Waals surface area (Å²) in [4.78, 5) is 28.5. The maximum atomic E-state index is 13.5. The van der Waals surface area contributed by atoms with Crippen LogP contribution in [0.2, 0.25) is 0 Å². The molecule has 192 valence electrons. The predicted molar refractivity (Wildman–Crippen MR) is 149 cm³/mol. The summed E-state index contributed by atoms with van der Waals surface area (Å²) in [7, 11) is 0. The average Bonchev–Trinajstić information content (AvgIpc) is 3.19. The number of anilines is 1. The molecule has 1 N–H and O–H groups in total. The van der Waals surface area contributed by atoms with E-state index in [1.54, 1.807) is 30.3 Å². The fourth-order valence-corrected chi connectivity index (χ4v) is 4.86. The van der Waals surface area contributed by atoms with Crippen molar-refractivity contribution in [2.24, 2.45) is 0 Å². The van der Waals surface area contributed by atoms with E-state index in [2.05, 4.69) is 0 Å². The van der Waals surface area contributed by atoms with Crippen molar-refractivity contribution in [1.29, 1.82) is 0 Å². The highest BCUT2D eigenvalue weighted by molar-refractivity contribution is 6.51. The highest BCUT2D eigenvalue weighted by atomic mass is 16.5. The number of carbonyl (C=O) groups excluding carboxylic acids is 2. The second-order valence-corrected chi connectivity index (χ2v) is 9.36. The Bertz CT molecular complexity index is 1510. The summed E-state index contributed by atoms with van der Waals surface area (Å²) in [5, 5.41) is 13.3. The van der Waals surface area contributed by atoms with E-state index in [9.17, 15) is 14.7 Å². The van der Waals surface area contributed by atoms with Gasteiger partial charge in [-0.2, -0.15) is 0 Å². The number of nitrogens with zero attached hydrogens (tertiary/aromatic N) is 1. The molecule has 6 nitrogen and oxygen atoms in total. The van der Waals surface area contributed by atoms with Crippen molar-refractivity contribution in [3.8, 4) is 11.5 Å². The van der Waals surface area contributed by atoms with Crippen LogP contribution in [-0.4, -0.2) is 29.5 Å². The first kappa shape index (κ1) is 25.1. The highest BCUT2D eigenvalue weighted by Crippen LogP contribution is 2.43. The van der Waals surface area contributed by atoms with Crippen LogP contribution in [-0.2, 0) is 9.59 Å². The first-order valence-corrected chi connectivity index (χ1v) is 12.7. The molecule has 1 unspecified atom stereocenters. The van der Waals surface area contributed by atoms with E-state index in [1.807, 2.05) is 81.4 Å². The summed E-state index contributed by atoms with van der Waals surface area (Å²) < 4.78 is 11.3. The molecule has 1 aliphatic rings. The van der Waals surface area contributed by atoms with Crippen LogP contribution in [0.3, 0.4) is 0 Å². The minimum absolute atomic E-state index is 0.00158. The second kappa shape index (κ2) is 10.4. The van der Waals surface area contributed by atoms with Gasteiger partial charge in [-0.1, -0.05) is 54.6 Å². The summed E-state index contributed by atoms with van der Waals surface area (Å²) in [6, 6.07) is 26.6. The zero-order valence-corrected chi connectivity index (χ0v) is 21.5. The van der Waals surface area contributed by atoms with Gasteiger partial charge in [-0.15, -0.1) is 0 Å². The predicted octanol–water partition coefficient (Wildman–Crippen LogP) is 6.65. The SMILES string of the molecule is CCOc1ccc(N2C(=O)C(=O)/C(=C(\O)c3cccc4ccccc34)C2c2ccc(OC(C)C)cc2)cc1. The number of ketones is 1. The number of carbonyl (C=O) groups is 2. The van der Waals surface area contributed by atoms with Gasteiger partial charge < -0.3 is 14.6 Å². The molecule has 1 fully saturated rings. The summed E-state index contributed by atoms with van der Waals surface area (Å²) in [5.41, 5.74) is 1.74. The summed E-state index contributed by atoms with van der Waals surface area (Å²) in [6.45, 7) is 6.30. The lowest BCUT2D eigenvalue weighted by Crippen LogP contribution is -2.29. The number of hydrogen-bond donors (Lipinski definition) is 1. The number of ether oxygens (including phenoxy) is 2. The molecule has 0 radical (unpaired) electrons. The molecule has 1 heterocycles. The maximum Gasteiger partial charge on any atom is 0.300 e. The topological polar surface area (TPSA) is 76.1 Å². The number of Topliss-reactive ketones (excluding diaryl/α,β-unsaturated/α-hetero) is 1. The van der Waals surface area contributed by atoms with Gasteiger partial charge in [0.25, 0.3) is 11.7 Å². The van der Waals surface area contributed by atoms with Crippen molar-refractivity contribution in [3.63, 3.8) is 0 Å². The van der Waals surface area contributed by atoms with Gasteiger partial charge in [0.05, 0.1) is 24.3 Å². The molecule has 0 bridgehead atoms. The summed E-state index contributed by atoms with van der Waals surface area (Å²) in [6.07, 6.45) is 0.00158. The fourth-order valence-electron chi connectivity index (χ4n) is 4.86. The van der Waals surface area contributed by atoms with Crippen LogP contribution in [0.4, 0.5) is 5.69 Å². The minimum atomic E-state index is -0.833. The zero-order chi connectivity index (χ0) is 26.8. The Labute approximate surface area is 221 Å². The van der Waals surface area contributed by atoms with E-state index < -0.39 is 17.7 Å². The average molecular weight is 508 g/mol. The molecule has 5 rings (SSSR count). The molecular formula is C32H29NO5. The highest BCUT2D eigenvalue weighted by Gasteiger charge is 2.47. The van der Waals surface area contributed by atoms with E-state index >= 15 is 0 Å². The lowest BCUT2D eigenvalue weighted by Gasteiger charge is -2.26. The van der Waals surface area contributed by atoms with Crippen molar-refractivity contribution in [1.82, 2.24) is 0 Å². The molecule has 4 aromatic carbocycles. The zero-order valence-electron chi connectivity index (χ0n) is 21.5. The van der Waals surface area contributed by atoms with Gasteiger partial charge in [-0.25, -0.2) is 0 Å². The molecule has 6 heteroatoms. The standard InChI is InChI=1S/C32H29NO5/c1-4-37-24-18-14-23(15-19-24)33-29(22-12-16-25(17-13-22)38-20(2)3)28(31(35)32(33)36)30(34)27-11-7-9-21-8-5-6-10-26(21)27/h5-20,29,34H,4H2,1-3H3/b30-28-. The first-order chi connectivity index (χ1) is 18.4. The van der Waals surface area contributed by atoms with Gasteiger partial charge in [0.2, 0.25) is 0 Å². The van der Waals surface area contributed by atoms with Crippen LogP contribution in [0.25, 0.3) is 16.5 Å². The molecule has 0 aliphatic carbocycles. The van der Waals surface area contributed by atoms with Crippen molar-refractivity contribution in [3.05, 3.63) is 108 Å². The quantitative estimate of drug-likeness (QED) is 0.172. The number of aliphatic hydroxyl groups is 1. The first-order valence-electron chi connectivity index (χ1n) is 12.7. The Morgan fingerprint density at radius 3 is 2.21 bits per heavy atom. The van der Waals surface area contributed by atoms with Gasteiger partial charge in [-0.05, 0) is 73.5 Å². The van der Waals surface area contributed by atoms with Gasteiger partial charge in [0.1, 0.15) is 17.3 Å². The Kier molecular flexibility index (Phi) is 6.88. The molecule has 38 heavy (non-hydrogen) atoms. The number of rotatable bonds is 7. The largest absolute Gasteiger partial charge is 0.507 e. The molecule has 1 amide bonds. The third-order valence-electron chi connectivity index (χ3n) is 6.48. The van der Waals surface area contributed by atoms with Crippen molar-refractivity contribution in [2.45, 2.75) is 32.9 Å². The molecule has 4 aromatic rings. The third-order valence-corrected chi connectivity index (χ3v) is 6.48. The van der Waals surface area contributed by atoms with Crippen LogP contribution in [0, 0.1) is 0 Å². The summed E-state index contributed by atoms with van der Waals surface area (Å²) in [5.74, 6) is -0.312. The fraction of sp³-hybridized carbons (Fsp3) is 0.188. The molecular weight excluding hydrogens is 478 g/mol. The number of fused-ring (bicyclic) bond motifs is 1. The van der Waals surface area contributed by atoms with E-state index in [4.69, 9.17) is 9.47 Å². The van der Waals surface area contributed by atoms with Gasteiger partial charge in [0.15, 0.2) is 0 Å². The van der Waals surface area contributed by atoms with Crippen molar-refractivity contribution in [2.75, 3.05) is 11.5 Å². The van der Waals surface area contributed by atoms with Crippen LogP contribution in [0.1, 0.15) is 37.9 Å². The van der Waals surface area contributed by atoms with Crippen molar-refractivity contribution < 1.29 is 24.2 Å². The Balaban J connectivity index is 1.69. The number of benzene rings is 4. The molecule has 1 saturated heterocycles. The lowest BCUT2D eigenvalue weighted by molar-refractivity contribution is -0.132. The van der Waals surface area contributed by atoms with Crippen LogP contribution in [0.5, 0.6) is 11.5 Å². The Hall–Kier alpha value is -4.58. The van der Waals surface area contributed by atoms with Crippen LogP contribution in [0.15, 0.2) is 96.6 Å². The van der Waals surface area contributed by atoms with Gasteiger partial charge in [0, 0.05) is 11.3 Å². The molecule has 0 saturated carbocycles. The molecule has 0 spiro atoms. The lowest BCUT2D eigenvalue weighted by atomic mass is 9.93. The number of hydrogen-bond acceptors (Lipinski definition) is 5. The Morgan fingerprint density at radius 1 is 0.868 bits per heavy atom. The Morgan fingerprint density at radius 2 is 1.53 bits per heavy atom. The molecule has 1 aliphatic heterocycles. The third kappa shape index (κ3) is 4.61. The van der Waals surface area contributed by atoms with Gasteiger partial charge in [-0.3, -0.25) is 14.5 Å². The van der Waals surface area contributed by atoms with Crippen LogP contribution >= 0.6 is 0 Å². The monoisotopic (exact) mass is 507 g/mol.